The van der Waals surface area contributed by atoms with Gasteiger partial charge in [-0.3, -0.25) is 9.48 Å². The van der Waals surface area contributed by atoms with E-state index in [0.29, 0.717) is 24.5 Å². The number of rotatable bonds is 9. The molecule has 1 amide bonds. The molecule has 6 heteroatoms. The highest BCUT2D eigenvalue weighted by molar-refractivity contribution is 5.94. The predicted octanol–water partition coefficient (Wildman–Crippen LogP) is 4.52. The number of methoxy groups -OCH3 is 1. The zero-order valence-corrected chi connectivity index (χ0v) is 19.0. The van der Waals surface area contributed by atoms with Crippen molar-refractivity contribution in [2.24, 2.45) is 0 Å². The molecule has 0 aliphatic rings. The molecule has 3 aromatic rings. The van der Waals surface area contributed by atoms with Crippen LogP contribution in [-0.2, 0) is 13.2 Å². The zero-order valence-electron chi connectivity index (χ0n) is 19.0. The molecule has 0 spiro atoms. The van der Waals surface area contributed by atoms with Crippen molar-refractivity contribution in [1.82, 2.24) is 15.1 Å². The van der Waals surface area contributed by atoms with Gasteiger partial charge in [-0.1, -0.05) is 12.1 Å². The maximum atomic E-state index is 12.6. The lowest BCUT2D eigenvalue weighted by molar-refractivity contribution is 0.0952. The third-order valence-electron chi connectivity index (χ3n) is 5.21. The Kier molecular flexibility index (Phi) is 7.34. The van der Waals surface area contributed by atoms with E-state index >= 15 is 0 Å². The van der Waals surface area contributed by atoms with E-state index in [4.69, 9.17) is 9.47 Å². The molecule has 164 valence electrons. The number of hydrogen-bond acceptors (Lipinski definition) is 4. The number of ether oxygens (including phenoxy) is 2. The number of amides is 1. The summed E-state index contributed by atoms with van der Waals surface area (Å²) in [7, 11) is 1.62. The fourth-order valence-electron chi connectivity index (χ4n) is 3.49. The Morgan fingerprint density at radius 3 is 2.55 bits per heavy atom. The molecule has 0 saturated carbocycles. The lowest BCUT2D eigenvalue weighted by Gasteiger charge is -2.14. The summed E-state index contributed by atoms with van der Waals surface area (Å²) >= 11 is 0. The summed E-state index contributed by atoms with van der Waals surface area (Å²) < 4.78 is 13.5. The van der Waals surface area contributed by atoms with Crippen LogP contribution in [0.4, 0.5) is 0 Å². The Labute approximate surface area is 184 Å². The Morgan fingerprint density at radius 1 is 1.03 bits per heavy atom. The molecule has 3 rings (SSSR count). The number of aromatic nitrogens is 2. The number of benzene rings is 2. The number of carbonyl (C=O) groups excluding carboxylic acids is 1. The third-order valence-corrected chi connectivity index (χ3v) is 5.21. The molecule has 0 bridgehead atoms. The molecule has 0 unspecified atom stereocenters. The van der Waals surface area contributed by atoms with Crippen LogP contribution in [0.1, 0.15) is 44.9 Å². The molecule has 6 nitrogen and oxygen atoms in total. The fraction of sp³-hybridized carbons (Fsp3) is 0.360. The van der Waals surface area contributed by atoms with E-state index in [2.05, 4.69) is 22.5 Å². The highest BCUT2D eigenvalue weighted by Gasteiger charge is 2.12. The van der Waals surface area contributed by atoms with Gasteiger partial charge in [0, 0.05) is 29.9 Å². The summed E-state index contributed by atoms with van der Waals surface area (Å²) in [5.74, 6) is 1.43. The van der Waals surface area contributed by atoms with Crippen molar-refractivity contribution in [3.8, 4) is 11.5 Å². The SMILES string of the molecule is COc1ccc(C(=O)NCCCn2nc(C)cc2C)cc1COc1cc(C)ccc1C. The molecule has 0 aliphatic carbocycles. The molecule has 1 heterocycles. The maximum Gasteiger partial charge on any atom is 0.251 e. The van der Waals surface area contributed by atoms with Crippen molar-refractivity contribution < 1.29 is 14.3 Å². The van der Waals surface area contributed by atoms with E-state index < -0.39 is 0 Å². The van der Waals surface area contributed by atoms with Gasteiger partial charge in [0.2, 0.25) is 0 Å². The van der Waals surface area contributed by atoms with Crippen molar-refractivity contribution >= 4 is 5.91 Å². The Hall–Kier alpha value is -3.28. The minimum atomic E-state index is -0.107. The molecular weight excluding hydrogens is 390 g/mol. The van der Waals surface area contributed by atoms with Gasteiger partial charge in [0.1, 0.15) is 18.1 Å². The minimum Gasteiger partial charge on any atom is -0.496 e. The smallest absolute Gasteiger partial charge is 0.251 e. The van der Waals surface area contributed by atoms with Crippen LogP contribution in [0.25, 0.3) is 0 Å². The lowest BCUT2D eigenvalue weighted by Crippen LogP contribution is -2.25. The fourth-order valence-corrected chi connectivity index (χ4v) is 3.49. The maximum absolute atomic E-state index is 12.6. The molecule has 31 heavy (non-hydrogen) atoms. The molecular formula is C25H31N3O3. The number of aryl methyl sites for hydroxylation is 5. The lowest BCUT2D eigenvalue weighted by atomic mass is 10.1. The van der Waals surface area contributed by atoms with Crippen LogP contribution >= 0.6 is 0 Å². The second-order valence-corrected chi connectivity index (χ2v) is 7.84. The first-order valence-corrected chi connectivity index (χ1v) is 10.5. The van der Waals surface area contributed by atoms with Gasteiger partial charge in [-0.05, 0) is 75.6 Å². The van der Waals surface area contributed by atoms with E-state index in [1.54, 1.807) is 13.2 Å². The molecule has 1 aromatic heterocycles. The van der Waals surface area contributed by atoms with Crippen molar-refractivity contribution in [1.29, 1.82) is 0 Å². The van der Waals surface area contributed by atoms with Gasteiger partial charge in [0.05, 0.1) is 12.8 Å². The van der Waals surface area contributed by atoms with E-state index in [9.17, 15) is 4.79 Å². The second-order valence-electron chi connectivity index (χ2n) is 7.84. The van der Waals surface area contributed by atoms with Crippen molar-refractivity contribution in [2.75, 3.05) is 13.7 Å². The zero-order chi connectivity index (χ0) is 22.4. The highest BCUT2D eigenvalue weighted by atomic mass is 16.5. The van der Waals surface area contributed by atoms with Crippen LogP contribution in [0.2, 0.25) is 0 Å². The summed E-state index contributed by atoms with van der Waals surface area (Å²) in [5.41, 5.74) is 5.77. The number of hydrogen-bond donors (Lipinski definition) is 1. The Bertz CT molecular complexity index is 1060. The van der Waals surface area contributed by atoms with Crippen molar-refractivity contribution in [3.63, 3.8) is 0 Å². The van der Waals surface area contributed by atoms with Gasteiger partial charge in [-0.2, -0.15) is 5.10 Å². The van der Waals surface area contributed by atoms with Crippen LogP contribution in [0, 0.1) is 27.7 Å². The topological polar surface area (TPSA) is 65.4 Å². The average Bonchev–Trinajstić information content (AvgIpc) is 3.08. The standard InChI is InChI=1S/C25H31N3O3/c1-17-7-8-18(2)24(13-17)31-16-22-15-21(9-10-23(22)30-5)25(29)26-11-6-12-28-20(4)14-19(3)27-28/h7-10,13-15H,6,11-12,16H2,1-5H3,(H,26,29). The summed E-state index contributed by atoms with van der Waals surface area (Å²) in [6.07, 6.45) is 0.812. The number of nitrogens with zero attached hydrogens (tertiary/aromatic N) is 2. The van der Waals surface area contributed by atoms with Gasteiger partial charge >= 0.3 is 0 Å². The van der Waals surface area contributed by atoms with E-state index in [1.807, 2.05) is 56.6 Å². The molecule has 0 saturated heterocycles. The summed E-state index contributed by atoms with van der Waals surface area (Å²) in [5, 5.41) is 7.44. The quantitative estimate of drug-likeness (QED) is 0.516. The van der Waals surface area contributed by atoms with E-state index in [1.165, 1.54) is 0 Å². The first-order chi connectivity index (χ1) is 14.9. The largest absolute Gasteiger partial charge is 0.496 e. The number of nitrogens with one attached hydrogen (secondary N) is 1. The monoisotopic (exact) mass is 421 g/mol. The van der Waals surface area contributed by atoms with Crippen LogP contribution in [-0.4, -0.2) is 29.3 Å². The van der Waals surface area contributed by atoms with Crippen molar-refractivity contribution in [3.05, 3.63) is 76.1 Å². The van der Waals surface area contributed by atoms with Gasteiger partial charge in [-0.15, -0.1) is 0 Å². The first kappa shape index (κ1) is 22.4. The molecule has 0 atom stereocenters. The highest BCUT2D eigenvalue weighted by Crippen LogP contribution is 2.25. The van der Waals surface area contributed by atoms with Gasteiger partial charge in [-0.25, -0.2) is 0 Å². The summed E-state index contributed by atoms with van der Waals surface area (Å²) in [4.78, 5) is 12.6. The molecule has 2 aromatic carbocycles. The van der Waals surface area contributed by atoms with Crippen molar-refractivity contribution in [2.45, 2.75) is 47.3 Å². The second kappa shape index (κ2) is 10.2. The third kappa shape index (κ3) is 5.87. The molecule has 1 N–H and O–H groups in total. The van der Waals surface area contributed by atoms with Gasteiger partial charge in [0.15, 0.2) is 0 Å². The van der Waals surface area contributed by atoms with Crippen LogP contribution < -0.4 is 14.8 Å². The summed E-state index contributed by atoms with van der Waals surface area (Å²) in [6, 6.07) is 13.6. The predicted molar refractivity (Wildman–Crippen MR) is 122 cm³/mol. The average molecular weight is 422 g/mol. The molecule has 0 aliphatic heterocycles. The van der Waals surface area contributed by atoms with Crippen LogP contribution in [0.3, 0.4) is 0 Å². The van der Waals surface area contributed by atoms with Gasteiger partial charge in [0.25, 0.3) is 5.91 Å². The molecule has 0 radical (unpaired) electrons. The van der Waals surface area contributed by atoms with Crippen LogP contribution in [0.5, 0.6) is 11.5 Å². The first-order valence-electron chi connectivity index (χ1n) is 10.5. The van der Waals surface area contributed by atoms with Gasteiger partial charge < -0.3 is 14.8 Å². The van der Waals surface area contributed by atoms with E-state index in [-0.39, 0.29) is 5.91 Å². The Balaban J connectivity index is 1.60. The number of carbonyl (C=O) groups is 1. The molecule has 0 fully saturated rings. The normalized spacial score (nSPS) is 10.7. The summed E-state index contributed by atoms with van der Waals surface area (Å²) in [6.45, 7) is 9.75. The van der Waals surface area contributed by atoms with E-state index in [0.717, 1.165) is 46.8 Å². The minimum absolute atomic E-state index is 0.107. The Morgan fingerprint density at radius 2 is 1.84 bits per heavy atom. The van der Waals surface area contributed by atoms with Crippen LogP contribution in [0.15, 0.2) is 42.5 Å².